The van der Waals surface area contributed by atoms with E-state index in [9.17, 15) is 9.59 Å². The minimum absolute atomic E-state index is 0. The highest BCUT2D eigenvalue weighted by molar-refractivity contribution is 6.18. The number of alkyl halides is 2. The second-order valence-corrected chi connectivity index (χ2v) is 9.33. The fraction of sp³-hybridized carbons (Fsp3) is 0.609. The number of carbonyl (C=O) groups excluding carboxylic acids is 2. The van der Waals surface area contributed by atoms with Crippen molar-refractivity contribution in [2.24, 2.45) is 18.7 Å². The first-order valence-electron chi connectivity index (χ1n) is 11.3. The number of nitrogens with zero attached hydrogens (tertiary/aromatic N) is 3. The Morgan fingerprint density at radius 1 is 1.14 bits per heavy atom. The van der Waals surface area contributed by atoms with Crippen LogP contribution in [0.4, 0.5) is 5.69 Å². The van der Waals surface area contributed by atoms with Gasteiger partial charge in [-0.3, -0.25) is 9.59 Å². The molecule has 0 unspecified atom stereocenters. The van der Waals surface area contributed by atoms with Gasteiger partial charge in [0.15, 0.2) is 0 Å². The molecule has 0 saturated heterocycles. The second-order valence-electron chi connectivity index (χ2n) is 8.58. The standard InChI is InChI=1S/C23H36Cl2N6O2.2ClH/c1-15(2)13-19(23(33)27-3)29-22(32)17(26)6-8-21-28-18-14-16(5-7-20(18)30(21)4)31(11-9-24)12-10-25;;/h5,7,14-15,17,19H,6,8-13,26H2,1-4H3,(H,27,33)(H,29,32);2*1H/t17-,19-;;/m0../s1. The minimum Gasteiger partial charge on any atom is -0.369 e. The van der Waals surface area contributed by atoms with E-state index in [1.165, 1.54) is 0 Å². The topological polar surface area (TPSA) is 105 Å². The first-order valence-corrected chi connectivity index (χ1v) is 12.4. The summed E-state index contributed by atoms with van der Waals surface area (Å²) in [5, 5.41) is 5.39. The van der Waals surface area contributed by atoms with Crippen molar-refractivity contribution in [2.45, 2.75) is 45.2 Å². The zero-order valence-corrected chi connectivity index (χ0v) is 23.9. The molecule has 2 aromatic rings. The van der Waals surface area contributed by atoms with Gasteiger partial charge in [-0.25, -0.2) is 4.98 Å². The van der Waals surface area contributed by atoms with Crippen molar-refractivity contribution in [1.82, 2.24) is 20.2 Å². The fourth-order valence-electron chi connectivity index (χ4n) is 3.80. The molecule has 2 atom stereocenters. The molecule has 0 spiro atoms. The van der Waals surface area contributed by atoms with Gasteiger partial charge in [0.25, 0.3) is 0 Å². The van der Waals surface area contributed by atoms with E-state index in [0.29, 0.717) is 44.1 Å². The van der Waals surface area contributed by atoms with Crippen molar-refractivity contribution in [2.75, 3.05) is 36.8 Å². The van der Waals surface area contributed by atoms with Crippen molar-refractivity contribution in [3.63, 3.8) is 0 Å². The number of halogens is 4. The molecule has 35 heavy (non-hydrogen) atoms. The Kier molecular flexibility index (Phi) is 15.6. The van der Waals surface area contributed by atoms with Crippen molar-refractivity contribution >= 4 is 76.6 Å². The lowest BCUT2D eigenvalue weighted by molar-refractivity contribution is -0.129. The number of aryl methyl sites for hydroxylation is 2. The molecule has 1 aromatic carbocycles. The number of hydrogen-bond donors (Lipinski definition) is 3. The molecule has 200 valence electrons. The Labute approximate surface area is 230 Å². The van der Waals surface area contributed by atoms with Gasteiger partial charge in [-0.2, -0.15) is 0 Å². The predicted octanol–water partition coefficient (Wildman–Crippen LogP) is 3.24. The average Bonchev–Trinajstić information content (AvgIpc) is 3.10. The average molecular weight is 572 g/mol. The van der Waals surface area contributed by atoms with Crippen LogP contribution in [0.3, 0.4) is 0 Å². The smallest absolute Gasteiger partial charge is 0.242 e. The van der Waals surface area contributed by atoms with E-state index in [1.807, 2.05) is 43.7 Å². The third-order valence-electron chi connectivity index (χ3n) is 5.63. The Hall–Kier alpha value is -1.45. The summed E-state index contributed by atoms with van der Waals surface area (Å²) in [5.74, 6) is 1.59. The van der Waals surface area contributed by atoms with Crippen LogP contribution in [0.2, 0.25) is 0 Å². The molecule has 2 amide bonds. The Balaban J connectivity index is 0.00000578. The summed E-state index contributed by atoms with van der Waals surface area (Å²) < 4.78 is 2.02. The largest absolute Gasteiger partial charge is 0.369 e. The van der Waals surface area contributed by atoms with Gasteiger partial charge in [-0.1, -0.05) is 13.8 Å². The molecule has 0 radical (unpaired) electrons. The summed E-state index contributed by atoms with van der Waals surface area (Å²) in [5.41, 5.74) is 9.04. The molecule has 0 aliphatic carbocycles. The number of carbonyl (C=O) groups is 2. The van der Waals surface area contributed by atoms with Crippen molar-refractivity contribution < 1.29 is 9.59 Å². The van der Waals surface area contributed by atoms with Crippen LogP contribution in [0.15, 0.2) is 18.2 Å². The number of nitrogens with one attached hydrogen (secondary N) is 2. The van der Waals surface area contributed by atoms with Gasteiger partial charge in [0.05, 0.1) is 17.1 Å². The van der Waals surface area contributed by atoms with Gasteiger partial charge in [0, 0.05) is 51.1 Å². The quantitative estimate of drug-likeness (QED) is 0.320. The van der Waals surface area contributed by atoms with Crippen LogP contribution in [0, 0.1) is 5.92 Å². The summed E-state index contributed by atoms with van der Waals surface area (Å²) in [6.07, 6.45) is 1.51. The van der Waals surface area contributed by atoms with Crippen LogP contribution < -0.4 is 21.3 Å². The number of aromatic nitrogens is 2. The lowest BCUT2D eigenvalue weighted by Crippen LogP contribution is -2.51. The van der Waals surface area contributed by atoms with E-state index < -0.39 is 12.1 Å². The zero-order chi connectivity index (χ0) is 24.5. The zero-order valence-electron chi connectivity index (χ0n) is 20.7. The summed E-state index contributed by atoms with van der Waals surface area (Å²) >= 11 is 11.9. The lowest BCUT2D eigenvalue weighted by Gasteiger charge is -2.22. The van der Waals surface area contributed by atoms with E-state index in [1.54, 1.807) is 7.05 Å². The predicted molar refractivity (Wildman–Crippen MR) is 151 cm³/mol. The SMILES string of the molecule is CNC(=O)[C@H](CC(C)C)NC(=O)[C@@H](N)CCc1nc2cc(N(CCCl)CCCl)ccc2n1C.Cl.Cl. The molecule has 8 nitrogen and oxygen atoms in total. The minimum atomic E-state index is -0.734. The van der Waals surface area contributed by atoms with Crippen LogP contribution >= 0.6 is 48.0 Å². The van der Waals surface area contributed by atoms with Gasteiger partial charge in [0.2, 0.25) is 11.8 Å². The highest BCUT2D eigenvalue weighted by atomic mass is 35.5. The maximum absolute atomic E-state index is 12.6. The number of nitrogens with two attached hydrogens (primary N) is 1. The van der Waals surface area contributed by atoms with Gasteiger partial charge in [0.1, 0.15) is 11.9 Å². The molecule has 0 saturated carbocycles. The third kappa shape index (κ3) is 9.50. The third-order valence-corrected chi connectivity index (χ3v) is 5.97. The molecule has 0 fully saturated rings. The number of likely N-dealkylation sites (N-methyl/N-ethyl adjacent to an activating group) is 1. The van der Waals surface area contributed by atoms with Crippen molar-refractivity contribution in [1.29, 1.82) is 0 Å². The molecule has 0 aliphatic heterocycles. The van der Waals surface area contributed by atoms with E-state index >= 15 is 0 Å². The lowest BCUT2D eigenvalue weighted by atomic mass is 10.0. The highest BCUT2D eigenvalue weighted by Crippen LogP contribution is 2.23. The van der Waals surface area contributed by atoms with Crippen LogP contribution in [0.1, 0.15) is 32.5 Å². The number of rotatable bonds is 13. The molecule has 1 heterocycles. The number of fused-ring (bicyclic) bond motifs is 1. The van der Waals surface area contributed by atoms with E-state index in [4.69, 9.17) is 33.9 Å². The maximum Gasteiger partial charge on any atom is 0.242 e. The first-order chi connectivity index (χ1) is 15.7. The molecule has 1 aromatic heterocycles. The molecular weight excluding hydrogens is 534 g/mol. The molecule has 12 heteroatoms. The van der Waals surface area contributed by atoms with Crippen LogP contribution in [0.25, 0.3) is 11.0 Å². The van der Waals surface area contributed by atoms with Gasteiger partial charge >= 0.3 is 0 Å². The van der Waals surface area contributed by atoms with Gasteiger partial charge < -0.3 is 25.8 Å². The Morgan fingerprint density at radius 3 is 2.31 bits per heavy atom. The summed E-state index contributed by atoms with van der Waals surface area (Å²) in [6.45, 7) is 5.42. The number of amides is 2. The summed E-state index contributed by atoms with van der Waals surface area (Å²) in [7, 11) is 3.51. The summed E-state index contributed by atoms with van der Waals surface area (Å²) in [4.78, 5) is 31.6. The van der Waals surface area contributed by atoms with Gasteiger partial charge in [-0.15, -0.1) is 48.0 Å². The van der Waals surface area contributed by atoms with E-state index in [-0.39, 0.29) is 42.5 Å². The number of anilines is 1. The normalized spacial score (nSPS) is 12.5. The van der Waals surface area contributed by atoms with Crippen LogP contribution in [0.5, 0.6) is 0 Å². The van der Waals surface area contributed by atoms with Crippen molar-refractivity contribution in [3.8, 4) is 0 Å². The molecule has 0 aliphatic rings. The maximum atomic E-state index is 12.6. The van der Waals surface area contributed by atoms with E-state index in [0.717, 1.165) is 22.5 Å². The fourth-order valence-corrected chi connectivity index (χ4v) is 4.21. The molecule has 0 bridgehead atoms. The monoisotopic (exact) mass is 570 g/mol. The number of benzene rings is 1. The highest BCUT2D eigenvalue weighted by Gasteiger charge is 2.24. The Bertz CT molecular complexity index is 934. The first kappa shape index (κ1) is 33.5. The molecule has 4 N–H and O–H groups in total. The Morgan fingerprint density at radius 2 is 1.77 bits per heavy atom. The molecule has 2 rings (SSSR count). The van der Waals surface area contributed by atoms with Gasteiger partial charge in [-0.05, 0) is 37.0 Å². The number of hydrogen-bond acceptors (Lipinski definition) is 5. The van der Waals surface area contributed by atoms with Crippen molar-refractivity contribution in [3.05, 3.63) is 24.0 Å². The number of imidazole rings is 1. The van der Waals surface area contributed by atoms with Crippen LogP contribution in [-0.2, 0) is 23.1 Å². The van der Waals surface area contributed by atoms with Crippen LogP contribution in [-0.4, -0.2) is 65.3 Å². The molecular formula is C23H38Cl4N6O2. The summed E-state index contributed by atoms with van der Waals surface area (Å²) in [6, 6.07) is 4.78. The second kappa shape index (κ2) is 16.3. The van der Waals surface area contributed by atoms with E-state index in [2.05, 4.69) is 15.5 Å².